The van der Waals surface area contributed by atoms with Crippen LogP contribution in [0.3, 0.4) is 0 Å². The summed E-state index contributed by atoms with van der Waals surface area (Å²) in [6.45, 7) is 5.38. The van der Waals surface area contributed by atoms with Crippen molar-refractivity contribution >= 4 is 29.3 Å². The van der Waals surface area contributed by atoms with E-state index in [0.717, 1.165) is 30.2 Å². The summed E-state index contributed by atoms with van der Waals surface area (Å²) in [5, 5.41) is 5.56. The standard InChI is InChI=1S/C24H25N5O4/c1-14-5-6-15(9-25-14)11-28-12-16(13-28)10-26-18-4-2-3-17-21(18)24(33)29(23(17)32)19-7-8-20(30)27-22(19)31/h2-6,9,16,19,26H,7-8,10-13H2,1H3,(H,27,30,31). The monoisotopic (exact) mass is 447 g/mol. The van der Waals surface area contributed by atoms with E-state index in [-0.39, 0.29) is 24.3 Å². The van der Waals surface area contributed by atoms with Crippen molar-refractivity contribution in [2.45, 2.75) is 32.4 Å². The van der Waals surface area contributed by atoms with Gasteiger partial charge in [-0.25, -0.2) is 0 Å². The molecule has 3 aliphatic rings. The molecule has 1 aromatic heterocycles. The first-order valence-corrected chi connectivity index (χ1v) is 11.1. The quantitative estimate of drug-likeness (QED) is 0.643. The maximum atomic E-state index is 13.1. The number of hydrogen-bond acceptors (Lipinski definition) is 7. The number of imide groups is 2. The van der Waals surface area contributed by atoms with Crippen LogP contribution in [0, 0.1) is 12.8 Å². The number of pyridine rings is 1. The molecule has 2 saturated heterocycles. The van der Waals surface area contributed by atoms with E-state index >= 15 is 0 Å². The summed E-state index contributed by atoms with van der Waals surface area (Å²) >= 11 is 0. The molecule has 4 amide bonds. The molecule has 5 rings (SSSR count). The Balaban J connectivity index is 1.21. The van der Waals surface area contributed by atoms with E-state index in [0.29, 0.717) is 23.7 Å². The fraction of sp³-hybridized carbons (Fsp3) is 0.375. The number of carbonyl (C=O) groups is 4. The summed E-state index contributed by atoms with van der Waals surface area (Å²) in [5.41, 5.74) is 3.38. The van der Waals surface area contributed by atoms with Gasteiger partial charge in [-0.3, -0.25) is 39.3 Å². The number of nitrogens with zero attached hydrogens (tertiary/aromatic N) is 3. The smallest absolute Gasteiger partial charge is 0.264 e. The Morgan fingerprint density at radius 3 is 2.64 bits per heavy atom. The van der Waals surface area contributed by atoms with Crippen molar-refractivity contribution in [2.24, 2.45) is 5.92 Å². The summed E-state index contributed by atoms with van der Waals surface area (Å²) in [6.07, 6.45) is 2.16. The lowest BCUT2D eigenvalue weighted by Crippen LogP contribution is -2.54. The van der Waals surface area contributed by atoms with Crippen LogP contribution in [-0.2, 0) is 16.1 Å². The van der Waals surface area contributed by atoms with Crippen LogP contribution in [0.15, 0.2) is 36.5 Å². The van der Waals surface area contributed by atoms with Gasteiger partial charge in [0.25, 0.3) is 11.8 Å². The maximum Gasteiger partial charge on any atom is 0.264 e. The number of aryl methyl sites for hydroxylation is 1. The van der Waals surface area contributed by atoms with Gasteiger partial charge in [0.15, 0.2) is 0 Å². The summed E-state index contributed by atoms with van der Waals surface area (Å²) in [4.78, 5) is 57.5. The van der Waals surface area contributed by atoms with Crippen molar-refractivity contribution in [1.29, 1.82) is 0 Å². The molecule has 170 valence electrons. The fourth-order valence-corrected chi connectivity index (χ4v) is 4.70. The minimum Gasteiger partial charge on any atom is -0.384 e. The SMILES string of the molecule is Cc1ccc(CN2CC(CNc3cccc4c3C(=O)N(C3CCC(=O)NC3=O)C4=O)C2)cn1. The van der Waals surface area contributed by atoms with Crippen molar-refractivity contribution in [3.63, 3.8) is 0 Å². The van der Waals surface area contributed by atoms with Crippen molar-refractivity contribution < 1.29 is 19.2 Å². The molecule has 1 unspecified atom stereocenters. The first-order valence-electron chi connectivity index (χ1n) is 11.1. The number of hydrogen-bond donors (Lipinski definition) is 2. The normalized spacial score (nSPS) is 21.1. The summed E-state index contributed by atoms with van der Waals surface area (Å²) in [6, 6.07) is 8.27. The van der Waals surface area contributed by atoms with E-state index in [9.17, 15) is 19.2 Å². The number of fused-ring (bicyclic) bond motifs is 1. The zero-order chi connectivity index (χ0) is 23.1. The highest BCUT2D eigenvalue weighted by molar-refractivity contribution is 6.25. The van der Waals surface area contributed by atoms with Gasteiger partial charge in [0, 0.05) is 56.1 Å². The Kier molecular flexibility index (Phi) is 5.41. The van der Waals surface area contributed by atoms with Crippen LogP contribution in [0.25, 0.3) is 0 Å². The Bertz CT molecular complexity index is 1140. The molecule has 0 bridgehead atoms. The molecule has 3 aliphatic heterocycles. The van der Waals surface area contributed by atoms with E-state index in [1.54, 1.807) is 18.2 Å². The fourth-order valence-electron chi connectivity index (χ4n) is 4.70. The van der Waals surface area contributed by atoms with Gasteiger partial charge < -0.3 is 5.32 Å². The highest BCUT2D eigenvalue weighted by atomic mass is 16.2. The van der Waals surface area contributed by atoms with E-state index in [4.69, 9.17) is 0 Å². The van der Waals surface area contributed by atoms with Gasteiger partial charge in [-0.15, -0.1) is 0 Å². The highest BCUT2D eigenvalue weighted by Crippen LogP contribution is 2.32. The Hall–Kier alpha value is -3.59. The topological polar surface area (TPSA) is 112 Å². The summed E-state index contributed by atoms with van der Waals surface area (Å²) in [5.74, 6) is -1.54. The van der Waals surface area contributed by atoms with E-state index < -0.39 is 23.8 Å². The second-order valence-electron chi connectivity index (χ2n) is 8.92. The van der Waals surface area contributed by atoms with Crippen molar-refractivity contribution in [3.8, 4) is 0 Å². The van der Waals surface area contributed by atoms with Crippen LogP contribution in [0.5, 0.6) is 0 Å². The predicted octanol–water partition coefficient (Wildman–Crippen LogP) is 1.34. The van der Waals surface area contributed by atoms with Crippen molar-refractivity contribution in [1.82, 2.24) is 20.1 Å². The van der Waals surface area contributed by atoms with E-state index in [1.807, 2.05) is 19.2 Å². The number of benzene rings is 1. The lowest BCUT2D eigenvalue weighted by Gasteiger charge is -2.39. The molecule has 2 aromatic rings. The van der Waals surface area contributed by atoms with E-state index in [1.165, 1.54) is 5.56 Å². The molecule has 0 saturated carbocycles. The molecule has 9 heteroatoms. The van der Waals surface area contributed by atoms with Gasteiger partial charge in [-0.2, -0.15) is 0 Å². The lowest BCUT2D eigenvalue weighted by atomic mass is 9.98. The van der Waals surface area contributed by atoms with Crippen LogP contribution < -0.4 is 10.6 Å². The van der Waals surface area contributed by atoms with Gasteiger partial charge in [0.05, 0.1) is 11.1 Å². The molecule has 2 N–H and O–H groups in total. The average molecular weight is 447 g/mol. The number of nitrogens with one attached hydrogen (secondary N) is 2. The zero-order valence-corrected chi connectivity index (χ0v) is 18.3. The van der Waals surface area contributed by atoms with Gasteiger partial charge in [-0.05, 0) is 37.1 Å². The molecule has 1 aromatic carbocycles. The third-order valence-corrected chi connectivity index (χ3v) is 6.46. The maximum absolute atomic E-state index is 13.1. The van der Waals surface area contributed by atoms with E-state index in [2.05, 4.69) is 26.6 Å². The Morgan fingerprint density at radius 2 is 1.91 bits per heavy atom. The largest absolute Gasteiger partial charge is 0.384 e. The molecule has 0 spiro atoms. The molecule has 2 fully saturated rings. The lowest BCUT2D eigenvalue weighted by molar-refractivity contribution is -0.136. The van der Waals surface area contributed by atoms with Crippen LogP contribution in [0.4, 0.5) is 5.69 Å². The second kappa shape index (κ2) is 8.40. The molecule has 9 nitrogen and oxygen atoms in total. The summed E-state index contributed by atoms with van der Waals surface area (Å²) in [7, 11) is 0. The van der Waals surface area contributed by atoms with Crippen LogP contribution in [0.1, 0.15) is 44.8 Å². The van der Waals surface area contributed by atoms with Crippen molar-refractivity contribution in [3.05, 3.63) is 58.9 Å². The molecule has 4 heterocycles. The number of aromatic nitrogens is 1. The molecule has 0 aliphatic carbocycles. The predicted molar refractivity (Wildman–Crippen MR) is 119 cm³/mol. The molecular formula is C24H25N5O4. The van der Waals surface area contributed by atoms with Gasteiger partial charge in [0.2, 0.25) is 11.8 Å². The minimum atomic E-state index is -0.959. The zero-order valence-electron chi connectivity index (χ0n) is 18.3. The van der Waals surface area contributed by atoms with Crippen LogP contribution in [-0.4, -0.2) is 64.1 Å². The average Bonchev–Trinajstić information content (AvgIpc) is 3.02. The third kappa shape index (κ3) is 4.00. The van der Waals surface area contributed by atoms with Gasteiger partial charge in [0.1, 0.15) is 6.04 Å². The number of anilines is 1. The Labute approximate surface area is 191 Å². The molecular weight excluding hydrogens is 422 g/mol. The molecule has 0 radical (unpaired) electrons. The number of carbonyl (C=O) groups excluding carboxylic acids is 4. The third-order valence-electron chi connectivity index (χ3n) is 6.46. The van der Waals surface area contributed by atoms with Crippen LogP contribution >= 0.6 is 0 Å². The van der Waals surface area contributed by atoms with Gasteiger partial charge >= 0.3 is 0 Å². The molecule has 1 atom stereocenters. The minimum absolute atomic E-state index is 0.103. The molecule has 33 heavy (non-hydrogen) atoms. The van der Waals surface area contributed by atoms with Gasteiger partial charge in [-0.1, -0.05) is 12.1 Å². The number of rotatable bonds is 6. The first kappa shape index (κ1) is 21.3. The highest BCUT2D eigenvalue weighted by Gasteiger charge is 2.45. The first-order chi connectivity index (χ1) is 15.9. The second-order valence-corrected chi connectivity index (χ2v) is 8.92. The van der Waals surface area contributed by atoms with Crippen LogP contribution in [0.2, 0.25) is 0 Å². The summed E-state index contributed by atoms with van der Waals surface area (Å²) < 4.78 is 0. The number of amides is 4. The number of piperidine rings is 1. The Morgan fingerprint density at radius 1 is 1.09 bits per heavy atom. The van der Waals surface area contributed by atoms with Crippen molar-refractivity contribution in [2.75, 3.05) is 25.0 Å². The number of likely N-dealkylation sites (tertiary alicyclic amines) is 1.